The minimum Gasteiger partial charge on any atom is -0.423 e. The van der Waals surface area contributed by atoms with Gasteiger partial charge in [-0.15, -0.1) is 0 Å². The number of amides is 4. The molecule has 0 radical (unpaired) electrons. The van der Waals surface area contributed by atoms with Crippen LogP contribution in [0.5, 0.6) is 0 Å². The third kappa shape index (κ3) is 5.21. The number of hydrogen-bond acceptors (Lipinski definition) is 7. The predicted octanol–water partition coefficient (Wildman–Crippen LogP) is 0.445. The van der Waals surface area contributed by atoms with Gasteiger partial charge in [0.15, 0.2) is 0 Å². The molecule has 0 aromatic carbocycles. The molecule has 3 fully saturated rings. The average molecular weight is 497 g/mol. The molecule has 12 heteroatoms. The molecule has 1 saturated heterocycles. The molecule has 11 nitrogen and oxygen atoms in total. The Bertz CT molecular complexity index is 993. The number of nitrogens with two attached hydrogens (primary N) is 1. The van der Waals surface area contributed by atoms with E-state index in [0.717, 1.165) is 19.3 Å². The largest absolute Gasteiger partial charge is 0.423 e. The maximum atomic E-state index is 13.8. The molecular formula is C22H32N4O7S. The van der Waals surface area contributed by atoms with Crippen LogP contribution in [0.25, 0.3) is 0 Å². The van der Waals surface area contributed by atoms with Gasteiger partial charge in [0.2, 0.25) is 15.9 Å². The summed E-state index contributed by atoms with van der Waals surface area (Å²) in [4.78, 5) is 53.3. The van der Waals surface area contributed by atoms with Gasteiger partial charge in [0.1, 0.15) is 6.04 Å². The standard InChI is InChI=1S/C22H32N4O7S/c23-21(30)33-22(19(28)25-34(31,32)15-9-10-15)11-5-3-1-2-4-7-14-13-16(14)24-18(27)17-8-6-12-26(17)20(22)29/h4,7,14-17H,1-3,5-6,8-13H2,(H2,23,30)(H,24,27)(H,25,28)/b7-4-. The van der Waals surface area contributed by atoms with Crippen LogP contribution < -0.4 is 15.8 Å². The van der Waals surface area contributed by atoms with Gasteiger partial charge < -0.3 is 20.7 Å². The number of sulfonamides is 1. The van der Waals surface area contributed by atoms with Crippen LogP contribution in [-0.4, -0.2) is 66.6 Å². The fourth-order valence-electron chi connectivity index (χ4n) is 4.77. The van der Waals surface area contributed by atoms with Crippen molar-refractivity contribution in [2.24, 2.45) is 11.7 Å². The molecule has 0 aromatic rings. The highest BCUT2D eigenvalue weighted by Gasteiger charge is 2.56. The lowest BCUT2D eigenvalue weighted by atomic mass is 9.92. The van der Waals surface area contributed by atoms with Crippen LogP contribution in [0.1, 0.15) is 64.2 Å². The fourth-order valence-corrected chi connectivity index (χ4v) is 6.12. The monoisotopic (exact) mass is 496 g/mol. The number of allylic oxidation sites excluding steroid dienone is 1. The highest BCUT2D eigenvalue weighted by Crippen LogP contribution is 2.34. The molecule has 4 rings (SSSR count). The van der Waals surface area contributed by atoms with Crippen LogP contribution in [0.2, 0.25) is 0 Å². The molecule has 34 heavy (non-hydrogen) atoms. The zero-order valence-corrected chi connectivity index (χ0v) is 19.8. The number of carbonyl (C=O) groups is 4. The fraction of sp³-hybridized carbons (Fsp3) is 0.727. The SMILES string of the molecule is NC(=O)OC1(C(=O)NS(=O)(=O)C2CC2)CCCCC/C=C\C2CC2NC(=O)C2CCCN2C1=O. The summed E-state index contributed by atoms with van der Waals surface area (Å²) in [5.74, 6) is -2.20. The second-order valence-electron chi connectivity index (χ2n) is 9.62. The number of rotatable bonds is 4. The lowest BCUT2D eigenvalue weighted by Gasteiger charge is -2.35. The van der Waals surface area contributed by atoms with Crippen molar-refractivity contribution < 1.29 is 32.3 Å². The van der Waals surface area contributed by atoms with Crippen molar-refractivity contribution in [3.05, 3.63) is 12.2 Å². The Hall–Kier alpha value is -2.63. The number of hydrogen-bond donors (Lipinski definition) is 3. The molecule has 4 N–H and O–H groups in total. The van der Waals surface area contributed by atoms with Crippen molar-refractivity contribution >= 4 is 33.8 Å². The molecule has 2 aliphatic heterocycles. The van der Waals surface area contributed by atoms with E-state index in [4.69, 9.17) is 10.5 Å². The Balaban J connectivity index is 1.66. The van der Waals surface area contributed by atoms with Crippen LogP contribution in [-0.2, 0) is 29.1 Å². The maximum absolute atomic E-state index is 13.8. The normalized spacial score (nSPS) is 33.4. The zero-order valence-electron chi connectivity index (χ0n) is 19.0. The van der Waals surface area contributed by atoms with E-state index < -0.39 is 44.8 Å². The summed E-state index contributed by atoms with van der Waals surface area (Å²) in [5.41, 5.74) is 2.80. The maximum Gasteiger partial charge on any atom is 0.406 e. The van der Waals surface area contributed by atoms with Gasteiger partial charge in [0, 0.05) is 19.0 Å². The summed E-state index contributed by atoms with van der Waals surface area (Å²) >= 11 is 0. The second kappa shape index (κ2) is 9.55. The first kappa shape index (κ1) is 24.5. The third-order valence-corrected chi connectivity index (χ3v) is 8.77. The third-order valence-electron chi connectivity index (χ3n) is 6.95. The summed E-state index contributed by atoms with van der Waals surface area (Å²) in [6, 6.07) is -0.836. The van der Waals surface area contributed by atoms with Crippen LogP contribution in [0.15, 0.2) is 12.2 Å². The topological polar surface area (TPSA) is 165 Å². The summed E-state index contributed by atoms with van der Waals surface area (Å²) in [6.45, 7) is 0.178. The molecule has 0 bridgehead atoms. The number of fused-ring (bicyclic) bond motifs is 2. The molecule has 188 valence electrons. The van der Waals surface area contributed by atoms with Crippen molar-refractivity contribution in [2.75, 3.05) is 6.54 Å². The van der Waals surface area contributed by atoms with Gasteiger partial charge in [-0.1, -0.05) is 18.6 Å². The predicted molar refractivity (Wildman–Crippen MR) is 120 cm³/mol. The molecule has 0 aromatic heterocycles. The van der Waals surface area contributed by atoms with Gasteiger partial charge in [0.05, 0.1) is 5.25 Å². The molecular weight excluding hydrogens is 464 g/mol. The van der Waals surface area contributed by atoms with Crippen LogP contribution >= 0.6 is 0 Å². The highest BCUT2D eigenvalue weighted by atomic mass is 32.2. The van der Waals surface area contributed by atoms with E-state index in [1.54, 1.807) is 0 Å². The smallest absolute Gasteiger partial charge is 0.406 e. The van der Waals surface area contributed by atoms with E-state index in [9.17, 15) is 27.6 Å². The summed E-state index contributed by atoms with van der Waals surface area (Å²) < 4.78 is 32.1. The molecule has 2 aliphatic carbocycles. The van der Waals surface area contributed by atoms with Crippen molar-refractivity contribution in [3.8, 4) is 0 Å². The van der Waals surface area contributed by atoms with Gasteiger partial charge >= 0.3 is 6.09 Å². The second-order valence-corrected chi connectivity index (χ2v) is 11.6. The highest BCUT2D eigenvalue weighted by molar-refractivity contribution is 7.91. The minimum absolute atomic E-state index is 0.00467. The Morgan fingerprint density at radius 2 is 1.91 bits per heavy atom. The van der Waals surface area contributed by atoms with Crippen molar-refractivity contribution in [1.29, 1.82) is 0 Å². The van der Waals surface area contributed by atoms with E-state index in [0.29, 0.717) is 38.5 Å². The number of carbonyl (C=O) groups excluding carboxylic acids is 4. The summed E-state index contributed by atoms with van der Waals surface area (Å²) in [7, 11) is -4.02. The minimum atomic E-state index is -4.02. The van der Waals surface area contributed by atoms with E-state index in [1.165, 1.54) is 4.90 Å². The first-order chi connectivity index (χ1) is 16.1. The lowest BCUT2D eigenvalue weighted by molar-refractivity contribution is -0.163. The molecule has 4 atom stereocenters. The molecule has 4 amide bonds. The Morgan fingerprint density at radius 3 is 2.62 bits per heavy atom. The van der Waals surface area contributed by atoms with Crippen LogP contribution in [0.4, 0.5) is 4.79 Å². The first-order valence-electron chi connectivity index (χ1n) is 12.0. The number of nitrogens with one attached hydrogen (secondary N) is 2. The lowest BCUT2D eigenvalue weighted by Crippen LogP contribution is -2.63. The molecule has 2 heterocycles. The van der Waals surface area contributed by atoms with Gasteiger partial charge in [-0.3, -0.25) is 14.4 Å². The van der Waals surface area contributed by atoms with Gasteiger partial charge in [-0.25, -0.2) is 17.9 Å². The van der Waals surface area contributed by atoms with Crippen LogP contribution in [0, 0.1) is 5.92 Å². The Kier molecular flexibility index (Phi) is 6.88. The van der Waals surface area contributed by atoms with Gasteiger partial charge in [-0.2, -0.15) is 0 Å². The number of ether oxygens (including phenoxy) is 1. The van der Waals surface area contributed by atoms with E-state index in [1.807, 2.05) is 4.72 Å². The van der Waals surface area contributed by atoms with Gasteiger partial charge in [-0.05, 0) is 57.3 Å². The zero-order chi connectivity index (χ0) is 24.5. The Morgan fingerprint density at radius 1 is 1.15 bits per heavy atom. The van der Waals surface area contributed by atoms with Gasteiger partial charge in [0.25, 0.3) is 17.4 Å². The summed E-state index contributed by atoms with van der Waals surface area (Å²) in [5, 5.41) is 2.24. The molecule has 4 unspecified atom stereocenters. The number of primary amides is 1. The summed E-state index contributed by atoms with van der Waals surface area (Å²) in [6.07, 6.45) is 7.61. The van der Waals surface area contributed by atoms with Crippen molar-refractivity contribution in [2.45, 2.75) is 87.1 Å². The van der Waals surface area contributed by atoms with E-state index in [-0.39, 0.29) is 30.8 Å². The van der Waals surface area contributed by atoms with E-state index in [2.05, 4.69) is 17.5 Å². The van der Waals surface area contributed by atoms with Crippen molar-refractivity contribution in [1.82, 2.24) is 14.9 Å². The molecule has 4 aliphatic rings. The molecule has 0 spiro atoms. The quantitative estimate of drug-likeness (QED) is 0.375. The van der Waals surface area contributed by atoms with Crippen LogP contribution in [0.3, 0.4) is 0 Å². The number of nitrogens with zero attached hydrogens (tertiary/aromatic N) is 1. The van der Waals surface area contributed by atoms with Crippen molar-refractivity contribution in [3.63, 3.8) is 0 Å². The molecule has 2 saturated carbocycles. The first-order valence-corrected chi connectivity index (χ1v) is 13.5. The Labute approximate surface area is 198 Å². The van der Waals surface area contributed by atoms with E-state index >= 15 is 0 Å². The average Bonchev–Trinajstić information content (AvgIpc) is 3.68.